The molecule has 3 N–H and O–H groups in total. The number of hydrogen-bond acceptors (Lipinski definition) is 2. The number of carbonyl (C=O) groups is 2. The van der Waals surface area contributed by atoms with Gasteiger partial charge in [0.2, 0.25) is 5.91 Å². The van der Waals surface area contributed by atoms with Crippen molar-refractivity contribution >= 4 is 23.5 Å². The average molecular weight is 372 g/mol. The number of urea groups is 1. The van der Waals surface area contributed by atoms with E-state index in [2.05, 4.69) is 19.2 Å². The SMILES string of the molecule is CC1(C)CC([C@@H](c2ccc(F)c(Cl)c2F)N2CC(C(N)=O)NC2=O)C1. The van der Waals surface area contributed by atoms with Crippen LogP contribution >= 0.6 is 11.6 Å². The minimum atomic E-state index is -0.869. The van der Waals surface area contributed by atoms with Gasteiger partial charge in [-0.2, -0.15) is 0 Å². The molecule has 1 aromatic carbocycles. The van der Waals surface area contributed by atoms with Crippen molar-refractivity contribution < 1.29 is 18.4 Å². The number of amides is 3. The summed E-state index contributed by atoms with van der Waals surface area (Å²) in [5.74, 6) is -2.38. The quantitative estimate of drug-likeness (QED) is 0.798. The largest absolute Gasteiger partial charge is 0.368 e. The van der Waals surface area contributed by atoms with E-state index in [0.717, 1.165) is 18.9 Å². The van der Waals surface area contributed by atoms with E-state index in [1.165, 1.54) is 11.0 Å². The zero-order chi connectivity index (χ0) is 18.5. The van der Waals surface area contributed by atoms with Crippen LogP contribution in [-0.4, -0.2) is 29.4 Å². The topological polar surface area (TPSA) is 75.4 Å². The molecule has 5 nitrogen and oxygen atoms in total. The van der Waals surface area contributed by atoms with Crippen molar-refractivity contribution in [3.05, 3.63) is 34.4 Å². The Morgan fingerprint density at radius 1 is 1.40 bits per heavy atom. The van der Waals surface area contributed by atoms with E-state index in [1.807, 2.05) is 0 Å². The summed E-state index contributed by atoms with van der Waals surface area (Å²) in [6.07, 6.45) is 1.55. The normalized spacial score (nSPS) is 24.0. The molecule has 1 aliphatic heterocycles. The number of nitrogens with one attached hydrogen (secondary N) is 1. The van der Waals surface area contributed by atoms with Crippen LogP contribution in [0, 0.1) is 23.0 Å². The van der Waals surface area contributed by atoms with Crippen LogP contribution in [0.4, 0.5) is 13.6 Å². The fourth-order valence-electron chi connectivity index (χ4n) is 3.99. The van der Waals surface area contributed by atoms with Crippen LogP contribution in [0.2, 0.25) is 5.02 Å². The number of primary amides is 1. The second kappa shape index (κ2) is 6.12. The lowest BCUT2D eigenvalue weighted by Crippen LogP contribution is -2.44. The lowest BCUT2D eigenvalue weighted by Gasteiger charge is -2.48. The van der Waals surface area contributed by atoms with Gasteiger partial charge in [0, 0.05) is 5.56 Å². The molecule has 1 aromatic rings. The van der Waals surface area contributed by atoms with Gasteiger partial charge in [0.15, 0.2) is 0 Å². The first kappa shape index (κ1) is 17.9. The van der Waals surface area contributed by atoms with Crippen LogP contribution in [0.15, 0.2) is 12.1 Å². The van der Waals surface area contributed by atoms with Crippen LogP contribution < -0.4 is 11.1 Å². The molecular formula is C17H20ClF2N3O2. The Hall–Kier alpha value is -1.89. The number of halogens is 3. The van der Waals surface area contributed by atoms with Gasteiger partial charge in [0.05, 0.1) is 12.6 Å². The summed E-state index contributed by atoms with van der Waals surface area (Å²) >= 11 is 5.73. The second-order valence-corrected chi connectivity index (χ2v) is 7.98. The number of rotatable bonds is 4. The lowest BCUT2D eigenvalue weighted by molar-refractivity contribution is -0.119. The van der Waals surface area contributed by atoms with Crippen LogP contribution in [0.25, 0.3) is 0 Å². The van der Waals surface area contributed by atoms with Crippen molar-refractivity contribution in [1.82, 2.24) is 10.2 Å². The first-order valence-corrected chi connectivity index (χ1v) is 8.48. The Morgan fingerprint density at radius 2 is 2.04 bits per heavy atom. The smallest absolute Gasteiger partial charge is 0.318 e. The van der Waals surface area contributed by atoms with Crippen molar-refractivity contribution in [2.75, 3.05) is 6.54 Å². The summed E-state index contributed by atoms with van der Waals surface area (Å²) in [4.78, 5) is 25.2. The Kier molecular flexibility index (Phi) is 4.39. The molecular weight excluding hydrogens is 352 g/mol. The van der Waals surface area contributed by atoms with E-state index in [0.29, 0.717) is 0 Å². The van der Waals surface area contributed by atoms with Gasteiger partial charge < -0.3 is 16.0 Å². The molecule has 136 valence electrons. The standard InChI is InChI=1S/C17H20ClF2N3O2/c1-17(2)5-8(6-17)14(9-3-4-10(19)12(18)13(9)20)23-7-11(15(21)24)22-16(23)25/h3-4,8,11,14H,5-7H2,1-2H3,(H2,21,24)(H,22,25)/t11?,14-/m0/s1. The molecule has 2 fully saturated rings. The molecule has 1 heterocycles. The van der Waals surface area contributed by atoms with Gasteiger partial charge >= 0.3 is 6.03 Å². The number of nitrogens with two attached hydrogens (primary N) is 1. The summed E-state index contributed by atoms with van der Waals surface area (Å²) < 4.78 is 28.2. The predicted octanol–water partition coefficient (Wildman–Crippen LogP) is 2.97. The molecule has 2 atom stereocenters. The lowest BCUT2D eigenvalue weighted by atomic mass is 9.61. The highest BCUT2D eigenvalue weighted by molar-refractivity contribution is 6.31. The van der Waals surface area contributed by atoms with Gasteiger partial charge in [-0.05, 0) is 30.2 Å². The van der Waals surface area contributed by atoms with E-state index >= 15 is 0 Å². The molecule has 1 aliphatic carbocycles. The van der Waals surface area contributed by atoms with Crippen LogP contribution in [0.1, 0.15) is 38.3 Å². The van der Waals surface area contributed by atoms with Crippen LogP contribution in [0.5, 0.6) is 0 Å². The second-order valence-electron chi connectivity index (χ2n) is 7.60. The van der Waals surface area contributed by atoms with Crippen molar-refractivity contribution in [2.24, 2.45) is 17.1 Å². The van der Waals surface area contributed by atoms with Gasteiger partial charge in [-0.25, -0.2) is 13.6 Å². The molecule has 0 spiro atoms. The summed E-state index contributed by atoms with van der Waals surface area (Å²) in [5.41, 5.74) is 5.52. The minimum Gasteiger partial charge on any atom is -0.368 e. The van der Waals surface area contributed by atoms with Crippen LogP contribution in [0.3, 0.4) is 0 Å². The molecule has 0 aromatic heterocycles. The van der Waals surface area contributed by atoms with Crippen molar-refractivity contribution in [3.8, 4) is 0 Å². The molecule has 0 bridgehead atoms. The maximum Gasteiger partial charge on any atom is 0.318 e. The maximum atomic E-state index is 14.6. The average Bonchev–Trinajstić information content (AvgIpc) is 2.88. The Morgan fingerprint density at radius 3 is 2.56 bits per heavy atom. The molecule has 8 heteroatoms. The molecule has 3 amide bonds. The Bertz CT molecular complexity index is 733. The van der Waals surface area contributed by atoms with E-state index in [9.17, 15) is 18.4 Å². The summed E-state index contributed by atoms with van der Waals surface area (Å²) in [6, 6.07) is 0.463. The van der Waals surface area contributed by atoms with Gasteiger partial charge in [0.1, 0.15) is 22.7 Å². The highest BCUT2D eigenvalue weighted by Crippen LogP contribution is 2.53. The minimum absolute atomic E-state index is 0.0107. The summed E-state index contributed by atoms with van der Waals surface area (Å²) in [6.45, 7) is 4.22. The van der Waals surface area contributed by atoms with E-state index < -0.39 is 40.7 Å². The molecule has 3 rings (SSSR count). The Balaban J connectivity index is 1.99. The molecule has 25 heavy (non-hydrogen) atoms. The first-order chi connectivity index (χ1) is 11.6. The third-order valence-electron chi connectivity index (χ3n) is 5.08. The van der Waals surface area contributed by atoms with Crippen molar-refractivity contribution in [2.45, 2.75) is 38.8 Å². The van der Waals surface area contributed by atoms with Crippen LogP contribution in [-0.2, 0) is 4.79 Å². The van der Waals surface area contributed by atoms with Crippen molar-refractivity contribution in [1.29, 1.82) is 0 Å². The molecule has 0 radical (unpaired) electrons. The van der Waals surface area contributed by atoms with E-state index in [-0.39, 0.29) is 23.4 Å². The van der Waals surface area contributed by atoms with Crippen molar-refractivity contribution in [3.63, 3.8) is 0 Å². The monoisotopic (exact) mass is 371 g/mol. The van der Waals surface area contributed by atoms with Gasteiger partial charge in [-0.3, -0.25) is 4.79 Å². The number of hydrogen-bond donors (Lipinski definition) is 2. The maximum absolute atomic E-state index is 14.6. The fourth-order valence-corrected chi connectivity index (χ4v) is 4.16. The van der Waals surface area contributed by atoms with E-state index in [4.69, 9.17) is 17.3 Å². The number of benzene rings is 1. The van der Waals surface area contributed by atoms with E-state index in [1.54, 1.807) is 0 Å². The third kappa shape index (κ3) is 3.17. The zero-order valence-electron chi connectivity index (χ0n) is 14.0. The molecule has 1 unspecified atom stereocenters. The van der Waals surface area contributed by atoms with Gasteiger partial charge in [0.25, 0.3) is 0 Å². The summed E-state index contributed by atoms with van der Waals surface area (Å²) in [5, 5.41) is 1.92. The highest BCUT2D eigenvalue weighted by atomic mass is 35.5. The summed E-state index contributed by atoms with van der Waals surface area (Å²) in [7, 11) is 0. The Labute approximate surface area is 149 Å². The zero-order valence-corrected chi connectivity index (χ0v) is 14.7. The fraction of sp³-hybridized carbons (Fsp3) is 0.529. The highest BCUT2D eigenvalue weighted by Gasteiger charge is 2.48. The van der Waals surface area contributed by atoms with Gasteiger partial charge in [-0.1, -0.05) is 31.5 Å². The number of carbonyl (C=O) groups excluding carboxylic acids is 2. The molecule has 2 aliphatic rings. The molecule has 1 saturated heterocycles. The first-order valence-electron chi connectivity index (χ1n) is 8.10. The predicted molar refractivity (Wildman–Crippen MR) is 88.8 cm³/mol. The number of nitrogens with zero attached hydrogens (tertiary/aromatic N) is 1. The molecule has 1 saturated carbocycles. The van der Waals surface area contributed by atoms with Gasteiger partial charge in [-0.15, -0.1) is 0 Å². The third-order valence-corrected chi connectivity index (χ3v) is 5.42.